The molecule has 0 spiro atoms. The molecule has 2 N–H and O–H groups in total. The summed E-state index contributed by atoms with van der Waals surface area (Å²) in [5, 5.41) is 9.32. The maximum atomic E-state index is 11.8. The molecular weight excluding hydrogens is 380 g/mol. The number of nitrogens with one attached hydrogen (secondary N) is 2. The Balaban J connectivity index is 1.46. The molecule has 0 unspecified atom stereocenters. The van der Waals surface area contributed by atoms with Crippen LogP contribution in [0.4, 0.5) is 16.8 Å². The van der Waals surface area contributed by atoms with Crippen LogP contribution in [0.15, 0.2) is 45.9 Å². The first-order chi connectivity index (χ1) is 13.2. The maximum Gasteiger partial charge on any atom is 0.233 e. The fourth-order valence-electron chi connectivity index (χ4n) is 2.34. The lowest BCUT2D eigenvalue weighted by molar-refractivity contribution is -0.117. The van der Waals surface area contributed by atoms with Crippen LogP contribution in [0.2, 0.25) is 0 Å². The van der Waals surface area contributed by atoms with Crippen LogP contribution in [0.25, 0.3) is 0 Å². The first kappa shape index (κ1) is 17.9. The Morgan fingerprint density at radius 2 is 2.04 bits per heavy atom. The number of rotatable bonds is 7. The Bertz CT molecular complexity index is 926. The predicted octanol–water partition coefficient (Wildman–Crippen LogP) is 4.13. The number of anilines is 3. The molecule has 0 bridgehead atoms. The lowest BCUT2D eigenvalue weighted by Gasteiger charge is -2.07. The molecule has 0 atom stereocenters. The number of hydrogen-bond donors (Lipinski definition) is 2. The monoisotopic (exact) mass is 398 g/mol. The maximum absolute atomic E-state index is 11.8. The average Bonchev–Trinajstić information content (AvgIpc) is 3.41. The fourth-order valence-corrected chi connectivity index (χ4v) is 3.63. The van der Waals surface area contributed by atoms with Gasteiger partial charge in [-0.2, -0.15) is 9.97 Å². The molecule has 0 radical (unpaired) electrons. The van der Waals surface area contributed by atoms with Crippen LogP contribution in [-0.4, -0.2) is 25.8 Å². The summed E-state index contributed by atoms with van der Waals surface area (Å²) in [6.45, 7) is 2.01. The third-order valence-electron chi connectivity index (χ3n) is 3.91. The van der Waals surface area contributed by atoms with Crippen LogP contribution in [0.3, 0.4) is 0 Å². The molecule has 4 rings (SSSR count). The van der Waals surface area contributed by atoms with Gasteiger partial charge in [0.15, 0.2) is 10.3 Å². The van der Waals surface area contributed by atoms with Gasteiger partial charge in [0.05, 0.1) is 0 Å². The summed E-state index contributed by atoms with van der Waals surface area (Å²) in [7, 11) is 0. The zero-order valence-corrected chi connectivity index (χ0v) is 16.3. The molecule has 3 aromatic rings. The van der Waals surface area contributed by atoms with E-state index in [0.717, 1.165) is 40.8 Å². The Kier molecular flexibility index (Phi) is 5.30. The number of aromatic nitrogens is 4. The molecule has 1 saturated carbocycles. The van der Waals surface area contributed by atoms with E-state index >= 15 is 0 Å². The van der Waals surface area contributed by atoms with Gasteiger partial charge in [0.1, 0.15) is 5.82 Å². The standard InChI is InChI=1S/C18H18N6OS2/c1-2-14-21-16(23-17-19-9-10-26-17)24-18(22-14)27-13-7-5-12(6-8-13)20-15(25)11-3-4-11/h5-11H,2-4H2,1H3,(H,20,25)(H,19,21,22,23,24). The zero-order valence-electron chi connectivity index (χ0n) is 14.7. The molecule has 1 aliphatic rings. The van der Waals surface area contributed by atoms with Crippen LogP contribution in [0.5, 0.6) is 0 Å². The van der Waals surface area contributed by atoms with Crippen LogP contribution < -0.4 is 10.6 Å². The summed E-state index contributed by atoms with van der Waals surface area (Å²) >= 11 is 2.95. The smallest absolute Gasteiger partial charge is 0.233 e. The Labute approximate surface area is 165 Å². The highest BCUT2D eigenvalue weighted by molar-refractivity contribution is 7.99. The summed E-state index contributed by atoms with van der Waals surface area (Å²) < 4.78 is 0. The van der Waals surface area contributed by atoms with E-state index in [9.17, 15) is 4.79 Å². The topological polar surface area (TPSA) is 92.7 Å². The highest BCUT2D eigenvalue weighted by Crippen LogP contribution is 2.31. The molecule has 1 amide bonds. The van der Waals surface area contributed by atoms with Crippen LogP contribution in [-0.2, 0) is 11.2 Å². The van der Waals surface area contributed by atoms with Crippen molar-refractivity contribution in [2.75, 3.05) is 10.6 Å². The number of aryl methyl sites for hydroxylation is 1. The Morgan fingerprint density at radius 1 is 1.22 bits per heavy atom. The van der Waals surface area contributed by atoms with E-state index in [1.165, 1.54) is 23.1 Å². The fraction of sp³-hybridized carbons (Fsp3) is 0.278. The Morgan fingerprint density at radius 3 is 2.70 bits per heavy atom. The minimum Gasteiger partial charge on any atom is -0.326 e. The third kappa shape index (κ3) is 4.81. The molecule has 1 aromatic carbocycles. The minimum atomic E-state index is 0.110. The van der Waals surface area contributed by atoms with Gasteiger partial charge in [-0.3, -0.25) is 10.1 Å². The summed E-state index contributed by atoms with van der Waals surface area (Å²) in [6.07, 6.45) is 4.44. The van der Waals surface area contributed by atoms with Crippen molar-refractivity contribution in [1.82, 2.24) is 19.9 Å². The zero-order chi connectivity index (χ0) is 18.6. The SMILES string of the molecule is CCc1nc(Nc2nccs2)nc(Sc2ccc(NC(=O)C3CC3)cc2)n1. The van der Waals surface area contributed by atoms with E-state index in [2.05, 4.69) is 30.6 Å². The van der Waals surface area contributed by atoms with Gasteiger partial charge in [-0.05, 0) is 48.9 Å². The quantitative estimate of drug-likeness (QED) is 0.618. The van der Waals surface area contributed by atoms with Gasteiger partial charge in [-0.1, -0.05) is 6.92 Å². The lowest BCUT2D eigenvalue weighted by Crippen LogP contribution is -2.12. The van der Waals surface area contributed by atoms with Gasteiger partial charge in [0.25, 0.3) is 0 Å². The molecular formula is C18H18N6OS2. The van der Waals surface area contributed by atoms with E-state index in [-0.39, 0.29) is 11.8 Å². The molecule has 2 aromatic heterocycles. The van der Waals surface area contributed by atoms with E-state index in [4.69, 9.17) is 0 Å². The van der Waals surface area contributed by atoms with Gasteiger partial charge in [-0.15, -0.1) is 11.3 Å². The molecule has 1 fully saturated rings. The van der Waals surface area contributed by atoms with Gasteiger partial charge >= 0.3 is 0 Å². The first-order valence-electron chi connectivity index (χ1n) is 8.70. The summed E-state index contributed by atoms with van der Waals surface area (Å²) in [5.74, 6) is 1.52. The van der Waals surface area contributed by atoms with E-state index in [0.29, 0.717) is 11.1 Å². The molecule has 7 nitrogen and oxygen atoms in total. The van der Waals surface area contributed by atoms with Crippen molar-refractivity contribution in [2.24, 2.45) is 5.92 Å². The molecule has 0 aliphatic heterocycles. The molecule has 27 heavy (non-hydrogen) atoms. The highest BCUT2D eigenvalue weighted by Gasteiger charge is 2.29. The second kappa shape index (κ2) is 8.01. The van der Waals surface area contributed by atoms with Crippen molar-refractivity contribution < 1.29 is 4.79 Å². The number of carbonyl (C=O) groups is 1. The largest absolute Gasteiger partial charge is 0.326 e. The molecule has 0 saturated heterocycles. The number of nitrogens with zero attached hydrogens (tertiary/aromatic N) is 4. The Hall–Kier alpha value is -2.52. The number of carbonyl (C=O) groups excluding carboxylic acids is 1. The molecule has 9 heteroatoms. The molecule has 2 heterocycles. The predicted molar refractivity (Wildman–Crippen MR) is 107 cm³/mol. The lowest BCUT2D eigenvalue weighted by atomic mass is 10.3. The number of benzene rings is 1. The van der Waals surface area contributed by atoms with Crippen molar-refractivity contribution in [3.05, 3.63) is 41.7 Å². The number of hydrogen-bond acceptors (Lipinski definition) is 8. The van der Waals surface area contributed by atoms with Crippen LogP contribution >= 0.6 is 23.1 Å². The summed E-state index contributed by atoms with van der Waals surface area (Å²) in [6, 6.07) is 7.71. The van der Waals surface area contributed by atoms with Gasteiger partial charge in [0.2, 0.25) is 11.9 Å². The number of thiazole rings is 1. The second-order valence-electron chi connectivity index (χ2n) is 6.06. The van der Waals surface area contributed by atoms with E-state index < -0.39 is 0 Å². The van der Waals surface area contributed by atoms with Gasteiger partial charge in [0, 0.05) is 34.5 Å². The normalized spacial score (nSPS) is 13.4. The third-order valence-corrected chi connectivity index (χ3v) is 5.47. The van der Waals surface area contributed by atoms with Crippen LogP contribution in [0.1, 0.15) is 25.6 Å². The van der Waals surface area contributed by atoms with Crippen molar-refractivity contribution in [2.45, 2.75) is 36.2 Å². The minimum absolute atomic E-state index is 0.110. The van der Waals surface area contributed by atoms with Crippen LogP contribution in [0, 0.1) is 5.92 Å². The highest BCUT2D eigenvalue weighted by atomic mass is 32.2. The van der Waals surface area contributed by atoms with Crippen molar-refractivity contribution in [3.63, 3.8) is 0 Å². The van der Waals surface area contributed by atoms with Crippen molar-refractivity contribution in [1.29, 1.82) is 0 Å². The van der Waals surface area contributed by atoms with Crippen molar-refractivity contribution in [3.8, 4) is 0 Å². The first-order valence-corrected chi connectivity index (χ1v) is 10.4. The van der Waals surface area contributed by atoms with Gasteiger partial charge < -0.3 is 5.32 Å². The van der Waals surface area contributed by atoms with E-state index in [1.807, 2.05) is 36.6 Å². The van der Waals surface area contributed by atoms with Crippen molar-refractivity contribution >= 4 is 45.8 Å². The molecule has 138 valence electrons. The second-order valence-corrected chi connectivity index (χ2v) is 8.00. The average molecular weight is 399 g/mol. The number of amides is 1. The summed E-state index contributed by atoms with van der Waals surface area (Å²) in [5.41, 5.74) is 0.812. The van der Waals surface area contributed by atoms with E-state index in [1.54, 1.807) is 6.20 Å². The van der Waals surface area contributed by atoms with Gasteiger partial charge in [-0.25, -0.2) is 9.97 Å². The summed E-state index contributed by atoms with van der Waals surface area (Å²) in [4.78, 5) is 30.4. The molecule has 1 aliphatic carbocycles.